The smallest absolute Gasteiger partial charge is 0.0989 e. The third kappa shape index (κ3) is 6.82. The van der Waals surface area contributed by atoms with Crippen LogP contribution in [0.4, 0.5) is 22.7 Å². The van der Waals surface area contributed by atoms with Crippen molar-refractivity contribution in [3.05, 3.63) is 128 Å². The molecule has 1 saturated heterocycles. The first-order valence-electron chi connectivity index (χ1n) is 16.8. The average Bonchev–Trinajstić information content (AvgIpc) is 3.57. The molecule has 0 amide bonds. The molecule has 2 aliphatic rings. The third-order valence-corrected chi connectivity index (χ3v) is 9.46. The van der Waals surface area contributed by atoms with E-state index in [0.717, 1.165) is 26.4 Å². The van der Waals surface area contributed by atoms with Crippen LogP contribution in [0.1, 0.15) is 66.8 Å². The minimum atomic E-state index is 0.871. The molecule has 1 fully saturated rings. The van der Waals surface area contributed by atoms with Gasteiger partial charge in [0.15, 0.2) is 0 Å². The summed E-state index contributed by atoms with van der Waals surface area (Å²) in [5, 5.41) is 0. The maximum absolute atomic E-state index is 2.53. The third-order valence-electron chi connectivity index (χ3n) is 9.46. The fourth-order valence-electron chi connectivity index (χ4n) is 8.26. The van der Waals surface area contributed by atoms with E-state index < -0.39 is 0 Å². The largest absolute Gasteiger partial charge is 0.352 e. The van der Waals surface area contributed by atoms with E-state index >= 15 is 0 Å². The van der Waals surface area contributed by atoms with Gasteiger partial charge in [0.25, 0.3) is 0 Å². The quantitative estimate of drug-likeness (QED) is 0.227. The molecule has 0 saturated carbocycles. The van der Waals surface area contributed by atoms with Crippen molar-refractivity contribution in [1.82, 2.24) is 0 Å². The first-order chi connectivity index (χ1) is 21.7. The maximum atomic E-state index is 2.53. The molecule has 242 valence electrons. The van der Waals surface area contributed by atoms with Gasteiger partial charge in [-0.2, -0.15) is 0 Å². The molecule has 0 atom stereocenters. The van der Waals surface area contributed by atoms with E-state index in [-0.39, 0.29) is 0 Å². The highest BCUT2D eigenvalue weighted by Crippen LogP contribution is 2.35. The fraction of sp³-hybridized carbons (Fsp3) is 0.381. The summed E-state index contributed by atoms with van der Waals surface area (Å²) in [6, 6.07) is 18.3. The molecule has 4 nitrogen and oxygen atoms in total. The van der Waals surface area contributed by atoms with Crippen molar-refractivity contribution in [3.63, 3.8) is 0 Å². The van der Waals surface area contributed by atoms with Crippen molar-refractivity contribution in [2.75, 3.05) is 46.0 Å². The Labute approximate surface area is 279 Å². The van der Waals surface area contributed by atoms with E-state index in [1.807, 2.05) is 0 Å². The lowest BCUT2D eigenvalue weighted by atomic mass is 10.0. The molecule has 2 aliphatic heterocycles. The second kappa shape index (κ2) is 13.3. The molecule has 0 unspecified atom stereocenters. The molecule has 0 radical (unpaired) electrons. The van der Waals surface area contributed by atoms with Crippen LogP contribution in [-0.2, 0) is 0 Å². The van der Waals surface area contributed by atoms with Gasteiger partial charge in [0.2, 0.25) is 0 Å². The van der Waals surface area contributed by atoms with E-state index in [2.05, 4.69) is 164 Å². The Kier molecular flexibility index (Phi) is 9.58. The summed E-state index contributed by atoms with van der Waals surface area (Å²) < 4.78 is 0. The van der Waals surface area contributed by atoms with Crippen molar-refractivity contribution < 1.29 is 0 Å². The minimum Gasteiger partial charge on any atom is -0.352 e. The Morgan fingerprint density at radius 2 is 0.565 bits per heavy atom. The van der Waals surface area contributed by atoms with Crippen molar-refractivity contribution in [2.45, 2.75) is 83.1 Å². The zero-order chi connectivity index (χ0) is 33.4. The Balaban J connectivity index is 0.000000181. The maximum Gasteiger partial charge on any atom is 0.0989 e. The van der Waals surface area contributed by atoms with Crippen LogP contribution in [-0.4, -0.2) is 26.4 Å². The lowest BCUT2D eigenvalue weighted by Crippen LogP contribution is -2.27. The van der Waals surface area contributed by atoms with Crippen LogP contribution in [0.25, 0.3) is 0 Å². The second-order valence-corrected chi connectivity index (χ2v) is 14.0. The normalized spacial score (nSPS) is 14.3. The summed E-state index contributed by atoms with van der Waals surface area (Å²) in [5.74, 6) is 0. The summed E-state index contributed by atoms with van der Waals surface area (Å²) >= 11 is 0. The molecular weight excluding hydrogens is 560 g/mol. The van der Waals surface area contributed by atoms with Gasteiger partial charge in [0.1, 0.15) is 0 Å². The average molecular weight is 615 g/mol. The van der Waals surface area contributed by atoms with Crippen LogP contribution in [0, 0.1) is 83.1 Å². The summed E-state index contributed by atoms with van der Waals surface area (Å²) in [6.45, 7) is 30.5. The standard InChI is InChI=1S/C21H28N2.C21H26N2/c2*1-14-9-16(3)20(17(4)10-14)22-7-8-23(13-22)21-18(5)11-15(2)12-19(21)6/h9-12H,7-8,13H2,1-6H3;7-12H,13H2,1-6H3. The van der Waals surface area contributed by atoms with E-state index in [0.29, 0.717) is 0 Å². The first-order valence-corrected chi connectivity index (χ1v) is 16.8. The van der Waals surface area contributed by atoms with E-state index in [1.54, 1.807) is 0 Å². The number of benzene rings is 4. The van der Waals surface area contributed by atoms with Gasteiger partial charge < -0.3 is 19.6 Å². The zero-order valence-corrected chi connectivity index (χ0v) is 30.4. The number of nitrogens with zero attached hydrogens (tertiary/aromatic N) is 4. The van der Waals surface area contributed by atoms with Crippen molar-refractivity contribution >= 4 is 22.7 Å². The molecule has 46 heavy (non-hydrogen) atoms. The van der Waals surface area contributed by atoms with Crippen molar-refractivity contribution in [3.8, 4) is 0 Å². The molecule has 0 spiro atoms. The highest BCUT2D eigenvalue weighted by molar-refractivity contribution is 5.69. The van der Waals surface area contributed by atoms with Gasteiger partial charge in [-0.05, 0) is 128 Å². The van der Waals surface area contributed by atoms with Crippen LogP contribution in [0.5, 0.6) is 0 Å². The summed E-state index contributed by atoms with van der Waals surface area (Å²) in [7, 11) is 0. The van der Waals surface area contributed by atoms with Crippen LogP contribution in [0.15, 0.2) is 60.9 Å². The topological polar surface area (TPSA) is 13.0 Å². The number of rotatable bonds is 4. The fourth-order valence-corrected chi connectivity index (χ4v) is 8.26. The van der Waals surface area contributed by atoms with Crippen molar-refractivity contribution in [2.24, 2.45) is 0 Å². The van der Waals surface area contributed by atoms with Gasteiger partial charge in [-0.25, -0.2) is 0 Å². The number of aryl methyl sites for hydroxylation is 12. The summed E-state index contributed by atoms with van der Waals surface area (Å²) in [5.41, 5.74) is 21.8. The predicted octanol–water partition coefficient (Wildman–Crippen LogP) is 10.1. The molecule has 0 N–H and O–H groups in total. The van der Waals surface area contributed by atoms with Crippen LogP contribution in [0.3, 0.4) is 0 Å². The number of hydrogen-bond donors (Lipinski definition) is 0. The van der Waals surface area contributed by atoms with Gasteiger partial charge >= 0.3 is 0 Å². The second-order valence-electron chi connectivity index (χ2n) is 14.0. The molecule has 4 heteroatoms. The Hall–Kier alpha value is -4.18. The summed E-state index contributed by atoms with van der Waals surface area (Å²) in [6.07, 6.45) is 4.40. The number of anilines is 4. The monoisotopic (exact) mass is 614 g/mol. The van der Waals surface area contributed by atoms with Crippen LogP contribution < -0.4 is 19.6 Å². The van der Waals surface area contributed by atoms with Crippen LogP contribution in [0.2, 0.25) is 0 Å². The van der Waals surface area contributed by atoms with E-state index in [4.69, 9.17) is 0 Å². The highest BCUT2D eigenvalue weighted by atomic mass is 15.4. The van der Waals surface area contributed by atoms with E-state index in [9.17, 15) is 0 Å². The zero-order valence-electron chi connectivity index (χ0n) is 30.4. The van der Waals surface area contributed by atoms with Gasteiger partial charge in [0.05, 0.1) is 13.3 Å². The van der Waals surface area contributed by atoms with Gasteiger partial charge in [0, 0.05) is 48.2 Å². The lowest BCUT2D eigenvalue weighted by molar-refractivity contribution is 0.930. The predicted molar refractivity (Wildman–Crippen MR) is 201 cm³/mol. The molecule has 2 heterocycles. The molecule has 0 bridgehead atoms. The number of hydrogen-bond acceptors (Lipinski definition) is 4. The molecular formula is C42H54N4. The Bertz CT molecular complexity index is 1570. The highest BCUT2D eigenvalue weighted by Gasteiger charge is 2.25. The molecule has 0 aromatic heterocycles. The van der Waals surface area contributed by atoms with Gasteiger partial charge in [-0.1, -0.05) is 70.8 Å². The molecule has 6 rings (SSSR count). The van der Waals surface area contributed by atoms with Crippen molar-refractivity contribution in [1.29, 1.82) is 0 Å². The minimum absolute atomic E-state index is 0.871. The van der Waals surface area contributed by atoms with Gasteiger partial charge in [-0.3, -0.25) is 0 Å². The van der Waals surface area contributed by atoms with Crippen LogP contribution >= 0.6 is 0 Å². The van der Waals surface area contributed by atoms with Gasteiger partial charge in [-0.15, -0.1) is 0 Å². The SMILES string of the molecule is Cc1cc(C)c(N2C=CN(c3c(C)cc(C)cc3C)C2)c(C)c1.Cc1cc(C)c(N2CCN(c3c(C)cc(C)cc3C)C2)c(C)c1. The molecule has 4 aromatic rings. The summed E-state index contributed by atoms with van der Waals surface area (Å²) in [4.78, 5) is 9.76. The Morgan fingerprint density at radius 3 is 0.826 bits per heavy atom. The molecule has 4 aromatic carbocycles. The Morgan fingerprint density at radius 1 is 0.326 bits per heavy atom. The van der Waals surface area contributed by atoms with E-state index in [1.165, 1.54) is 89.5 Å². The lowest BCUT2D eigenvalue weighted by Gasteiger charge is -2.27. The molecule has 0 aliphatic carbocycles. The first kappa shape index (κ1) is 33.2.